The van der Waals surface area contributed by atoms with Crippen LogP contribution in [0.2, 0.25) is 0 Å². The zero-order valence-electron chi connectivity index (χ0n) is 19.0. The second kappa shape index (κ2) is 11.3. The van der Waals surface area contributed by atoms with Gasteiger partial charge in [0, 0.05) is 0 Å². The molecule has 0 N–H and O–H groups in total. The van der Waals surface area contributed by atoms with Gasteiger partial charge in [0.25, 0.3) is 0 Å². The molecule has 0 aromatic heterocycles. The average molecular weight is 431 g/mol. The molecule has 3 aromatic carbocycles. The van der Waals surface area contributed by atoms with E-state index in [0.29, 0.717) is 12.8 Å². The average Bonchev–Trinajstić information content (AvgIpc) is 2.81. The summed E-state index contributed by atoms with van der Waals surface area (Å²) in [5.74, 6) is -0.667. The Labute approximate surface area is 190 Å². The van der Waals surface area contributed by atoms with Crippen molar-refractivity contribution in [1.82, 2.24) is 0 Å². The van der Waals surface area contributed by atoms with Gasteiger partial charge < -0.3 is 9.47 Å². The van der Waals surface area contributed by atoms with Crippen molar-refractivity contribution in [2.24, 2.45) is 5.92 Å². The van der Waals surface area contributed by atoms with Crippen LogP contribution in [-0.2, 0) is 38.5 Å². The summed E-state index contributed by atoms with van der Waals surface area (Å²) in [7, 11) is 1.39. The molecule has 0 amide bonds. The molecule has 0 aliphatic rings. The van der Waals surface area contributed by atoms with Gasteiger partial charge in [-0.15, -0.1) is 0 Å². The molecule has 1 atom stereocenters. The third-order valence-electron chi connectivity index (χ3n) is 5.59. The zero-order valence-corrected chi connectivity index (χ0v) is 19.0. The van der Waals surface area contributed by atoms with Crippen molar-refractivity contribution in [3.63, 3.8) is 0 Å². The van der Waals surface area contributed by atoms with Gasteiger partial charge in [0.15, 0.2) is 0 Å². The lowest BCUT2D eigenvalue weighted by Gasteiger charge is -2.18. The number of hydrogen-bond donors (Lipinski definition) is 0. The van der Waals surface area contributed by atoms with Crippen molar-refractivity contribution < 1.29 is 19.1 Å². The fourth-order valence-electron chi connectivity index (χ4n) is 3.77. The summed E-state index contributed by atoms with van der Waals surface area (Å²) in [6.07, 6.45) is 1.53. The molecule has 166 valence electrons. The van der Waals surface area contributed by atoms with E-state index in [9.17, 15) is 9.59 Å². The van der Waals surface area contributed by atoms with Crippen LogP contribution >= 0.6 is 0 Å². The molecule has 0 saturated carbocycles. The third kappa shape index (κ3) is 6.30. The van der Waals surface area contributed by atoms with Crippen molar-refractivity contribution in [2.75, 3.05) is 7.11 Å². The van der Waals surface area contributed by atoms with Crippen molar-refractivity contribution in [1.29, 1.82) is 0 Å². The molecular formula is C28H30O4. The highest BCUT2D eigenvalue weighted by molar-refractivity contribution is 5.76. The predicted octanol–water partition coefficient (Wildman–Crippen LogP) is 5.69. The van der Waals surface area contributed by atoms with E-state index < -0.39 is 0 Å². The van der Waals surface area contributed by atoms with E-state index in [1.54, 1.807) is 0 Å². The van der Waals surface area contributed by atoms with Crippen LogP contribution in [0.3, 0.4) is 0 Å². The summed E-state index contributed by atoms with van der Waals surface area (Å²) in [4.78, 5) is 24.5. The van der Waals surface area contributed by atoms with E-state index >= 15 is 0 Å². The van der Waals surface area contributed by atoms with E-state index in [4.69, 9.17) is 9.47 Å². The van der Waals surface area contributed by atoms with E-state index in [1.807, 2.05) is 61.5 Å². The first-order valence-corrected chi connectivity index (χ1v) is 11.0. The van der Waals surface area contributed by atoms with E-state index in [2.05, 4.69) is 25.1 Å². The highest BCUT2D eigenvalue weighted by Crippen LogP contribution is 2.29. The summed E-state index contributed by atoms with van der Waals surface area (Å²) in [5.41, 5.74) is 6.21. The number of methoxy groups -OCH3 is 1. The standard InChI is InChI=1S/C28H30O4/c1-4-23(28(30)32-19-21-9-6-5-7-10-21)18-25-15-20(2)13-14-26(25)24-12-8-11-22(16-24)17-27(29)31-3/h5-16,23H,4,17-19H2,1-3H3. The van der Waals surface area contributed by atoms with Gasteiger partial charge in [-0.3, -0.25) is 9.59 Å². The quantitative estimate of drug-likeness (QED) is 0.409. The van der Waals surface area contributed by atoms with Crippen LogP contribution in [-0.4, -0.2) is 19.0 Å². The molecule has 0 aliphatic heterocycles. The molecule has 0 radical (unpaired) electrons. The van der Waals surface area contributed by atoms with E-state index in [-0.39, 0.29) is 30.9 Å². The Morgan fingerprint density at radius 1 is 0.906 bits per heavy atom. The normalized spacial score (nSPS) is 11.6. The number of aryl methyl sites for hydroxylation is 1. The van der Waals surface area contributed by atoms with Crippen LogP contribution in [0, 0.1) is 12.8 Å². The minimum absolute atomic E-state index is 0.178. The Kier molecular flexibility index (Phi) is 8.20. The second-order valence-electron chi connectivity index (χ2n) is 8.02. The topological polar surface area (TPSA) is 52.6 Å². The summed E-state index contributed by atoms with van der Waals surface area (Å²) < 4.78 is 10.4. The first-order chi connectivity index (χ1) is 15.5. The Balaban J connectivity index is 1.80. The Morgan fingerprint density at radius 2 is 1.66 bits per heavy atom. The molecule has 0 heterocycles. The molecule has 4 nitrogen and oxygen atoms in total. The lowest BCUT2D eigenvalue weighted by Crippen LogP contribution is -2.19. The summed E-state index contributed by atoms with van der Waals surface area (Å²) >= 11 is 0. The van der Waals surface area contributed by atoms with Crippen LogP contribution in [0.25, 0.3) is 11.1 Å². The van der Waals surface area contributed by atoms with E-state index in [1.165, 1.54) is 7.11 Å². The molecule has 1 unspecified atom stereocenters. The van der Waals surface area contributed by atoms with Gasteiger partial charge in [-0.2, -0.15) is 0 Å². The minimum atomic E-state index is -0.265. The maximum atomic E-state index is 12.8. The molecule has 0 fully saturated rings. The molecule has 0 saturated heterocycles. The van der Waals surface area contributed by atoms with E-state index in [0.717, 1.165) is 33.4 Å². The van der Waals surface area contributed by atoms with Crippen molar-refractivity contribution >= 4 is 11.9 Å². The first-order valence-electron chi connectivity index (χ1n) is 11.0. The number of hydrogen-bond acceptors (Lipinski definition) is 4. The molecule has 32 heavy (non-hydrogen) atoms. The zero-order chi connectivity index (χ0) is 22.9. The van der Waals surface area contributed by atoms with Crippen molar-refractivity contribution in [3.8, 4) is 11.1 Å². The van der Waals surface area contributed by atoms with Crippen LogP contribution in [0.1, 0.15) is 35.6 Å². The van der Waals surface area contributed by atoms with Gasteiger partial charge in [-0.1, -0.05) is 85.3 Å². The molecule has 0 bridgehead atoms. The fraction of sp³-hybridized carbons (Fsp3) is 0.286. The van der Waals surface area contributed by atoms with Crippen LogP contribution in [0.5, 0.6) is 0 Å². The number of benzene rings is 3. The lowest BCUT2D eigenvalue weighted by atomic mass is 9.89. The van der Waals surface area contributed by atoms with Crippen LogP contribution < -0.4 is 0 Å². The molecule has 0 aliphatic carbocycles. The summed E-state index contributed by atoms with van der Waals surface area (Å²) in [5, 5.41) is 0. The SMILES string of the molecule is CCC(Cc1cc(C)ccc1-c1cccc(CC(=O)OC)c1)C(=O)OCc1ccccc1. The highest BCUT2D eigenvalue weighted by Gasteiger charge is 2.21. The van der Waals surface area contributed by atoms with Gasteiger partial charge in [0.2, 0.25) is 0 Å². The van der Waals surface area contributed by atoms with Gasteiger partial charge in [-0.25, -0.2) is 0 Å². The molecule has 0 spiro atoms. The largest absolute Gasteiger partial charge is 0.469 e. The minimum Gasteiger partial charge on any atom is -0.469 e. The van der Waals surface area contributed by atoms with Crippen LogP contribution in [0.15, 0.2) is 72.8 Å². The Bertz CT molecular complexity index is 1060. The third-order valence-corrected chi connectivity index (χ3v) is 5.59. The summed E-state index contributed by atoms with van der Waals surface area (Å²) in [6.45, 7) is 4.35. The number of carbonyl (C=O) groups excluding carboxylic acids is 2. The summed E-state index contributed by atoms with van der Waals surface area (Å²) in [6, 6.07) is 23.9. The smallest absolute Gasteiger partial charge is 0.309 e. The van der Waals surface area contributed by atoms with Crippen LogP contribution in [0.4, 0.5) is 0 Å². The van der Waals surface area contributed by atoms with Gasteiger partial charge in [-0.05, 0) is 47.6 Å². The molecule has 4 heteroatoms. The Morgan fingerprint density at radius 3 is 2.38 bits per heavy atom. The monoisotopic (exact) mass is 430 g/mol. The predicted molar refractivity (Wildman–Crippen MR) is 126 cm³/mol. The Hall–Kier alpha value is -3.40. The number of rotatable bonds is 9. The van der Waals surface area contributed by atoms with Crippen molar-refractivity contribution in [3.05, 3.63) is 95.1 Å². The fourth-order valence-corrected chi connectivity index (χ4v) is 3.77. The molecular weight excluding hydrogens is 400 g/mol. The highest BCUT2D eigenvalue weighted by atomic mass is 16.5. The number of carbonyl (C=O) groups is 2. The maximum Gasteiger partial charge on any atom is 0.309 e. The van der Waals surface area contributed by atoms with Gasteiger partial charge >= 0.3 is 11.9 Å². The van der Waals surface area contributed by atoms with Crippen molar-refractivity contribution in [2.45, 2.75) is 39.7 Å². The maximum absolute atomic E-state index is 12.8. The lowest BCUT2D eigenvalue weighted by molar-refractivity contribution is -0.150. The van der Waals surface area contributed by atoms with Gasteiger partial charge in [0.1, 0.15) is 6.61 Å². The number of ether oxygens (including phenoxy) is 2. The molecule has 3 aromatic rings. The number of esters is 2. The second-order valence-corrected chi connectivity index (χ2v) is 8.02. The molecule has 3 rings (SSSR count). The first kappa shape index (κ1) is 23.3. The van der Waals surface area contributed by atoms with Gasteiger partial charge in [0.05, 0.1) is 19.4 Å².